The first-order valence-electron chi connectivity index (χ1n) is 6.59. The summed E-state index contributed by atoms with van der Waals surface area (Å²) < 4.78 is 4.68. The van der Waals surface area contributed by atoms with Crippen molar-refractivity contribution in [1.82, 2.24) is 5.32 Å². The molecule has 0 aliphatic rings. The Balaban J connectivity index is 4.69. The fourth-order valence-electron chi connectivity index (χ4n) is 1.87. The van der Waals surface area contributed by atoms with Gasteiger partial charge >= 0.3 is 5.97 Å². The van der Waals surface area contributed by atoms with Gasteiger partial charge < -0.3 is 15.8 Å². The summed E-state index contributed by atoms with van der Waals surface area (Å²) >= 11 is 0. The molecule has 0 aromatic carbocycles. The zero-order chi connectivity index (χ0) is 14.2. The van der Waals surface area contributed by atoms with E-state index in [1.807, 2.05) is 20.8 Å². The van der Waals surface area contributed by atoms with Crippen LogP contribution >= 0.6 is 0 Å². The molecule has 0 fully saturated rings. The lowest BCUT2D eigenvalue weighted by Gasteiger charge is -2.33. The van der Waals surface area contributed by atoms with Crippen LogP contribution in [0.5, 0.6) is 0 Å². The maximum absolute atomic E-state index is 11.9. The first-order valence-corrected chi connectivity index (χ1v) is 6.59. The molecule has 1 amide bonds. The quantitative estimate of drug-likeness (QED) is 0.644. The van der Waals surface area contributed by atoms with Gasteiger partial charge in [0.15, 0.2) is 0 Å². The third kappa shape index (κ3) is 5.04. The second-order valence-electron chi connectivity index (χ2n) is 4.62. The Hall–Kier alpha value is -1.10. The molecule has 0 aromatic rings. The number of hydrogen-bond acceptors (Lipinski definition) is 4. The van der Waals surface area contributed by atoms with Gasteiger partial charge in [0.05, 0.1) is 25.1 Å². The fraction of sp³-hybridized carbons (Fsp3) is 0.846. The van der Waals surface area contributed by atoms with Gasteiger partial charge in [-0.3, -0.25) is 9.59 Å². The number of nitrogens with two attached hydrogens (primary N) is 1. The minimum atomic E-state index is -0.546. The van der Waals surface area contributed by atoms with Gasteiger partial charge in [-0.15, -0.1) is 0 Å². The summed E-state index contributed by atoms with van der Waals surface area (Å²) in [5, 5.41) is 2.91. The highest BCUT2D eigenvalue weighted by molar-refractivity contribution is 5.83. The molecule has 0 aliphatic carbocycles. The van der Waals surface area contributed by atoms with E-state index >= 15 is 0 Å². The largest absolute Gasteiger partial charge is 0.469 e. The monoisotopic (exact) mass is 258 g/mol. The number of carbonyl (C=O) groups is 2. The second kappa shape index (κ2) is 8.08. The van der Waals surface area contributed by atoms with Crippen LogP contribution in [0, 0.1) is 0 Å². The standard InChI is InChI=1S/C13H26N2O3/c1-5-8-10(14)12(17)15-13(6-2,7-3)9-11(16)18-4/h10H,5-9,14H2,1-4H3,(H,15,17). The lowest BCUT2D eigenvalue weighted by atomic mass is 9.88. The molecule has 5 nitrogen and oxygen atoms in total. The molecule has 1 unspecified atom stereocenters. The van der Waals surface area contributed by atoms with Gasteiger partial charge in [-0.1, -0.05) is 27.2 Å². The summed E-state index contributed by atoms with van der Waals surface area (Å²) in [6.45, 7) is 5.87. The van der Waals surface area contributed by atoms with Crippen molar-refractivity contribution >= 4 is 11.9 Å². The summed E-state index contributed by atoms with van der Waals surface area (Å²) in [7, 11) is 1.35. The lowest BCUT2D eigenvalue weighted by molar-refractivity contribution is -0.143. The lowest BCUT2D eigenvalue weighted by Crippen LogP contribution is -2.54. The SMILES string of the molecule is CCCC(N)C(=O)NC(CC)(CC)CC(=O)OC. The van der Waals surface area contributed by atoms with E-state index in [1.54, 1.807) is 0 Å². The van der Waals surface area contributed by atoms with Crippen LogP contribution in [0.1, 0.15) is 52.9 Å². The van der Waals surface area contributed by atoms with Crippen LogP contribution in [0.4, 0.5) is 0 Å². The molecule has 0 saturated carbocycles. The molecular formula is C13H26N2O3. The number of methoxy groups -OCH3 is 1. The summed E-state index contributed by atoms with van der Waals surface area (Å²) in [6, 6.07) is -0.509. The molecule has 106 valence electrons. The van der Waals surface area contributed by atoms with Crippen molar-refractivity contribution in [2.75, 3.05) is 7.11 Å². The van der Waals surface area contributed by atoms with Gasteiger partial charge in [-0.05, 0) is 19.3 Å². The van der Waals surface area contributed by atoms with Crippen LogP contribution in [-0.4, -0.2) is 30.6 Å². The number of amides is 1. The number of hydrogen-bond donors (Lipinski definition) is 2. The van der Waals surface area contributed by atoms with Crippen molar-refractivity contribution in [3.63, 3.8) is 0 Å². The van der Waals surface area contributed by atoms with Crippen LogP contribution in [0.15, 0.2) is 0 Å². The highest BCUT2D eigenvalue weighted by Gasteiger charge is 2.32. The minimum absolute atomic E-state index is 0.182. The zero-order valence-corrected chi connectivity index (χ0v) is 11.9. The zero-order valence-electron chi connectivity index (χ0n) is 11.9. The smallest absolute Gasteiger partial charge is 0.307 e. The normalized spacial score (nSPS) is 12.9. The van der Waals surface area contributed by atoms with Crippen LogP contribution in [0.25, 0.3) is 0 Å². The van der Waals surface area contributed by atoms with Crippen molar-refractivity contribution in [2.45, 2.75) is 64.5 Å². The molecule has 1 atom stereocenters. The third-order valence-electron chi connectivity index (χ3n) is 3.39. The Bertz CT molecular complexity index is 275. The van der Waals surface area contributed by atoms with Gasteiger partial charge in [-0.2, -0.15) is 0 Å². The van der Waals surface area contributed by atoms with Gasteiger partial charge in [0, 0.05) is 0 Å². The number of esters is 1. The van der Waals surface area contributed by atoms with Crippen molar-refractivity contribution in [2.24, 2.45) is 5.73 Å². The average molecular weight is 258 g/mol. The second-order valence-corrected chi connectivity index (χ2v) is 4.62. The van der Waals surface area contributed by atoms with Crippen molar-refractivity contribution in [1.29, 1.82) is 0 Å². The predicted molar refractivity (Wildman–Crippen MR) is 71.0 cm³/mol. The van der Waals surface area contributed by atoms with E-state index in [4.69, 9.17) is 5.73 Å². The summed E-state index contributed by atoms with van der Waals surface area (Å²) in [5.41, 5.74) is 5.23. The first kappa shape index (κ1) is 16.9. The van der Waals surface area contributed by atoms with Crippen molar-refractivity contribution in [3.8, 4) is 0 Å². The van der Waals surface area contributed by atoms with Crippen LogP contribution < -0.4 is 11.1 Å². The molecule has 5 heteroatoms. The average Bonchev–Trinajstić information content (AvgIpc) is 2.37. The highest BCUT2D eigenvalue weighted by Crippen LogP contribution is 2.20. The maximum atomic E-state index is 11.9. The Kier molecular flexibility index (Phi) is 7.59. The van der Waals surface area contributed by atoms with Gasteiger partial charge in [0.1, 0.15) is 0 Å². The summed E-state index contributed by atoms with van der Waals surface area (Å²) in [6.07, 6.45) is 3.03. The Morgan fingerprint density at radius 2 is 1.83 bits per heavy atom. The van der Waals surface area contributed by atoms with E-state index in [1.165, 1.54) is 7.11 Å². The van der Waals surface area contributed by atoms with Gasteiger partial charge in [0.2, 0.25) is 5.91 Å². The number of carbonyl (C=O) groups excluding carboxylic acids is 2. The molecule has 0 rings (SSSR count). The fourth-order valence-corrected chi connectivity index (χ4v) is 1.87. The molecule has 0 aliphatic heterocycles. The van der Waals surface area contributed by atoms with E-state index in [9.17, 15) is 9.59 Å². The van der Waals surface area contributed by atoms with E-state index in [0.717, 1.165) is 6.42 Å². The predicted octanol–water partition coefficient (Wildman–Crippen LogP) is 1.35. The molecule has 0 radical (unpaired) electrons. The van der Waals surface area contributed by atoms with E-state index in [-0.39, 0.29) is 18.3 Å². The minimum Gasteiger partial charge on any atom is -0.469 e. The van der Waals surface area contributed by atoms with Gasteiger partial charge in [-0.25, -0.2) is 0 Å². The van der Waals surface area contributed by atoms with Crippen LogP contribution in [0.3, 0.4) is 0 Å². The summed E-state index contributed by atoms with van der Waals surface area (Å²) in [5.74, 6) is -0.507. The molecular weight excluding hydrogens is 232 g/mol. The molecule has 0 heterocycles. The molecule has 3 N–H and O–H groups in total. The first-order chi connectivity index (χ1) is 8.44. The van der Waals surface area contributed by atoms with Crippen molar-refractivity contribution < 1.29 is 14.3 Å². The number of rotatable bonds is 8. The third-order valence-corrected chi connectivity index (χ3v) is 3.39. The highest BCUT2D eigenvalue weighted by atomic mass is 16.5. The topological polar surface area (TPSA) is 81.4 Å². The Labute approximate surface area is 109 Å². The van der Waals surface area contributed by atoms with Gasteiger partial charge in [0.25, 0.3) is 0 Å². The molecule has 0 saturated heterocycles. The molecule has 18 heavy (non-hydrogen) atoms. The van der Waals surface area contributed by atoms with Crippen molar-refractivity contribution in [3.05, 3.63) is 0 Å². The van der Waals surface area contributed by atoms with E-state index in [2.05, 4.69) is 10.1 Å². The Morgan fingerprint density at radius 3 is 2.22 bits per heavy atom. The number of ether oxygens (including phenoxy) is 1. The molecule has 0 bridgehead atoms. The summed E-state index contributed by atoms with van der Waals surface area (Å²) in [4.78, 5) is 23.4. The van der Waals surface area contributed by atoms with E-state index in [0.29, 0.717) is 19.3 Å². The van der Waals surface area contributed by atoms with Crippen LogP contribution in [-0.2, 0) is 14.3 Å². The maximum Gasteiger partial charge on any atom is 0.307 e. The molecule has 0 spiro atoms. The number of nitrogens with one attached hydrogen (secondary N) is 1. The Morgan fingerprint density at radius 1 is 1.28 bits per heavy atom. The van der Waals surface area contributed by atoms with E-state index < -0.39 is 11.6 Å². The molecule has 0 aromatic heterocycles. The van der Waals surface area contributed by atoms with Crippen LogP contribution in [0.2, 0.25) is 0 Å².